The van der Waals surface area contributed by atoms with Crippen LogP contribution in [0.15, 0.2) is 171 Å². The number of carbonyl (C=O) groups excluding carboxylic acids is 12. The number of aryl methyl sites for hydroxylation is 1. The summed E-state index contributed by atoms with van der Waals surface area (Å²) in [4.78, 5) is 163. The number of hydrogen-bond donors (Lipinski definition) is 1. The molecule has 6 aliphatic heterocycles. The molecule has 6 aliphatic carbocycles. The number of rotatable bonds is 25. The van der Waals surface area contributed by atoms with Crippen molar-refractivity contribution in [2.75, 3.05) is 46.4 Å². The number of Topliss-reactive ketones (excluding diaryl/α,β-unsaturated/α-hetero) is 6. The van der Waals surface area contributed by atoms with Gasteiger partial charge in [-0.05, 0) is 275 Å². The smallest absolute Gasteiger partial charge is 0.255 e. The van der Waals surface area contributed by atoms with E-state index in [9.17, 15) is 57.5 Å². The van der Waals surface area contributed by atoms with Crippen molar-refractivity contribution in [2.45, 2.75) is 283 Å². The van der Waals surface area contributed by atoms with Crippen molar-refractivity contribution >= 4 is 116 Å². The quantitative estimate of drug-likeness (QED) is 0.0520. The molecule has 3 aromatic carbocycles. The van der Waals surface area contributed by atoms with E-state index in [-0.39, 0.29) is 109 Å². The van der Waals surface area contributed by atoms with Crippen LogP contribution in [0.5, 0.6) is 5.75 Å². The van der Waals surface area contributed by atoms with Crippen LogP contribution in [0, 0.1) is 74.9 Å². The Morgan fingerprint density at radius 1 is 0.319 bits per heavy atom. The second-order valence-corrected chi connectivity index (χ2v) is 42.1. The number of ether oxygens (including phenoxy) is 1. The molecule has 18 rings (SSSR count). The minimum atomic E-state index is -0.560. The largest absolute Gasteiger partial charge is 0.497 e. The number of nitrogens with zero attached hydrogens (tertiary/aromatic N) is 14. The topological polar surface area (TPSA) is 349 Å². The highest BCUT2D eigenvalue weighted by atomic mass is 35.5. The first kappa shape index (κ1) is 106. The van der Waals surface area contributed by atoms with Gasteiger partial charge in [-0.15, -0.1) is 0 Å². The Bertz CT molecular complexity index is 5510. The Hall–Kier alpha value is -11.8. The van der Waals surface area contributed by atoms with Gasteiger partial charge in [-0.3, -0.25) is 67.5 Å². The summed E-state index contributed by atoms with van der Waals surface area (Å²) in [6.45, 7) is 25.5. The van der Waals surface area contributed by atoms with Crippen molar-refractivity contribution in [2.24, 2.45) is 98.6 Å². The van der Waals surface area contributed by atoms with Crippen LogP contribution in [0.3, 0.4) is 0 Å². The van der Waals surface area contributed by atoms with Gasteiger partial charge in [0.05, 0.1) is 73.9 Å². The molecule has 6 amide bonds. The Balaban J connectivity index is 0.000000142. The molecule has 0 radical (unpaired) electrons. The highest BCUT2D eigenvalue weighted by molar-refractivity contribution is 6.31. The normalized spacial score (nSPS) is 25.3. The lowest BCUT2D eigenvalue weighted by atomic mass is 9.67. The molecule has 752 valence electrons. The number of halogens is 1. The van der Waals surface area contributed by atoms with E-state index in [0.29, 0.717) is 79.8 Å². The predicted molar refractivity (Wildman–Crippen MR) is 548 cm³/mol. The highest BCUT2D eigenvalue weighted by Gasteiger charge is 2.57. The van der Waals surface area contributed by atoms with Crippen LogP contribution in [0.1, 0.15) is 344 Å². The average Bonchev–Trinajstić information content (AvgIpc) is 1.64. The van der Waals surface area contributed by atoms with Crippen molar-refractivity contribution in [3.05, 3.63) is 184 Å². The lowest BCUT2D eigenvalue weighted by Crippen LogP contribution is -2.44. The van der Waals surface area contributed by atoms with E-state index in [1.165, 1.54) is 146 Å². The molecular formula is C112H144ClN15O13. The summed E-state index contributed by atoms with van der Waals surface area (Å²) in [6, 6.07) is 31.5. The van der Waals surface area contributed by atoms with E-state index in [4.69, 9.17) is 16.3 Å². The van der Waals surface area contributed by atoms with Crippen LogP contribution in [0.4, 0.5) is 0 Å². The molecule has 0 spiro atoms. The molecule has 1 N–H and O–H groups in total. The third-order valence-electron chi connectivity index (χ3n) is 33.3. The average molecular weight is 1940 g/mol. The summed E-state index contributed by atoms with van der Waals surface area (Å²) in [5.74, 6) is 1.91. The van der Waals surface area contributed by atoms with Crippen molar-refractivity contribution in [1.29, 1.82) is 0 Å². The first-order chi connectivity index (χ1) is 67.4. The maximum Gasteiger partial charge on any atom is 0.255 e. The van der Waals surface area contributed by atoms with Crippen LogP contribution in [-0.2, 0) is 28.8 Å². The molecule has 6 atom stereocenters. The third kappa shape index (κ3) is 23.4. The van der Waals surface area contributed by atoms with Crippen LogP contribution in [-0.4, -0.2) is 196 Å². The Labute approximate surface area is 836 Å². The first-order valence-corrected chi connectivity index (χ1v) is 51.6. The standard InChI is InChI=1S/C20H26N2O3.C20H26N2O2.C19H23ClN2O2.2C18H23N3O2.C17H23N3O2/c1-14-20(2,16-7-5-4-6-8-16)19(24)22(21-14)13-18(23)15-9-11-17(25-3)12-10-15;1-14-8-7-9-16(12-14)18(23)13-22-19(24)20(3,15(2)21-22)17-10-5-4-6-11-17;1-13-19(2,15-8-4-3-5-9-15)18(24)22(21-13)12-17(23)14-7-6-10-16(20)11-14;1-13-18(2,14-8-4-3-5-9-14)17(23)21(20-13)12-16(22)15-10-6-7-11-19-15;1-13-18(2,15-6-4-3-5-7-15)17(23)21(20-13)12-16(22)14-8-10-19-11-9-14;1-12-17(2,14-6-4-3-5-7-14)16(22)20(19-12)11-15(21)13-8-9-18-10-13/h9-12,16H,4-8,13H2,1-3H3;7-9,12,17H,4-6,10-11,13H2,1-3H3;6-7,10-11,15H,3-5,8-9,12H2,1-2H3;6-7,10-11,14H,3-5,8-9,12H2,1-2H3;8-11,15H,3-7,12H2,1-2H3;8-10,14,18H,3-7,11H2,1-2H3. The molecule has 29 heteroatoms. The zero-order chi connectivity index (χ0) is 101. The second kappa shape index (κ2) is 46.9. The number of hydrazone groups is 6. The minimum absolute atomic E-state index is 0.00248. The first-order valence-electron chi connectivity index (χ1n) is 51.3. The lowest BCUT2D eigenvalue weighted by molar-refractivity contribution is -0.138. The molecule has 141 heavy (non-hydrogen) atoms. The van der Waals surface area contributed by atoms with E-state index < -0.39 is 32.5 Å². The minimum Gasteiger partial charge on any atom is -0.497 e. The van der Waals surface area contributed by atoms with Crippen molar-refractivity contribution < 1.29 is 62.3 Å². The van der Waals surface area contributed by atoms with E-state index in [0.717, 1.165) is 117 Å². The Kier molecular flexibility index (Phi) is 35.5. The molecule has 6 aromatic rings. The second-order valence-electron chi connectivity index (χ2n) is 41.7. The van der Waals surface area contributed by atoms with Crippen molar-refractivity contribution in [3.63, 3.8) is 0 Å². The number of nitrogens with one attached hydrogen (secondary N) is 1. The zero-order valence-electron chi connectivity index (χ0n) is 85.1. The summed E-state index contributed by atoms with van der Waals surface area (Å²) in [5, 5.41) is 35.3. The van der Waals surface area contributed by atoms with Crippen molar-refractivity contribution in [1.82, 2.24) is 45.0 Å². The van der Waals surface area contributed by atoms with Crippen LogP contribution in [0.2, 0.25) is 5.02 Å². The fourth-order valence-corrected chi connectivity index (χ4v) is 23.4. The van der Waals surface area contributed by atoms with E-state index in [1.54, 1.807) is 129 Å². The van der Waals surface area contributed by atoms with Crippen LogP contribution < -0.4 is 4.74 Å². The fourth-order valence-electron chi connectivity index (χ4n) is 23.2. The molecule has 0 saturated heterocycles. The molecule has 3 aromatic heterocycles. The number of pyridine rings is 2. The number of benzene rings is 3. The maximum atomic E-state index is 13.0. The Morgan fingerprint density at radius 3 is 0.879 bits per heavy atom. The molecule has 6 saturated carbocycles. The molecule has 12 aliphatic rings. The molecular weight excluding hydrogens is 1800 g/mol. The number of aromatic amines is 1. The third-order valence-corrected chi connectivity index (χ3v) is 33.5. The van der Waals surface area contributed by atoms with Crippen molar-refractivity contribution in [3.8, 4) is 5.75 Å². The lowest BCUT2D eigenvalue weighted by Gasteiger charge is -2.35. The molecule has 0 bridgehead atoms. The number of ketones is 6. The van der Waals surface area contributed by atoms with Gasteiger partial charge in [0, 0.05) is 63.8 Å². The zero-order valence-corrected chi connectivity index (χ0v) is 85.9. The van der Waals surface area contributed by atoms with Gasteiger partial charge >= 0.3 is 0 Å². The Morgan fingerprint density at radius 2 is 0.603 bits per heavy atom. The van der Waals surface area contributed by atoms with Gasteiger partial charge in [-0.1, -0.05) is 169 Å². The van der Waals surface area contributed by atoms with E-state index in [1.807, 2.05) is 108 Å². The SMILES string of the molecule is CC1=NN(CC(=O)c2cc[nH]c2)C(=O)C1(C)C1CCCCC1.CC1=NN(CC(=O)c2cccc(C)c2)C(=O)C1(C)C1CCCCC1.CC1=NN(CC(=O)c2cccc(Cl)c2)C(=O)C1(C)C1CCCCC1.CC1=NN(CC(=O)c2ccccn2)C(=O)C1(C)C1CCCCC1.CC1=NN(CC(=O)c2ccncc2)C(=O)C1(C)C1CCCCC1.COc1ccc(C(=O)CN2N=C(C)C(C)(C3CCCCC3)C2=O)cc1. The summed E-state index contributed by atoms with van der Waals surface area (Å²) in [5.41, 5.74) is 6.07. The van der Waals surface area contributed by atoms with Gasteiger partial charge < -0.3 is 9.72 Å². The van der Waals surface area contributed by atoms with Gasteiger partial charge in [0.15, 0.2) is 28.9 Å². The number of methoxy groups -OCH3 is 1. The fraction of sp³-hybridized carbons (Fsp3) is 0.554. The molecule has 6 fully saturated rings. The molecule has 9 heterocycles. The van der Waals surface area contributed by atoms with Gasteiger partial charge in [0.2, 0.25) is 5.78 Å². The number of carbonyl (C=O) groups is 12. The summed E-state index contributed by atoms with van der Waals surface area (Å²) in [6.07, 6.45) is 42.6. The number of hydrogen-bond acceptors (Lipinski definition) is 21. The molecule has 6 unspecified atom stereocenters. The predicted octanol–water partition coefficient (Wildman–Crippen LogP) is 21.1. The summed E-state index contributed by atoms with van der Waals surface area (Å²) >= 11 is 5.94. The summed E-state index contributed by atoms with van der Waals surface area (Å²) < 4.78 is 5.11. The van der Waals surface area contributed by atoms with Crippen LogP contribution in [0.25, 0.3) is 0 Å². The van der Waals surface area contributed by atoms with Gasteiger partial charge in [0.1, 0.15) is 50.7 Å². The van der Waals surface area contributed by atoms with Gasteiger partial charge in [-0.2, -0.15) is 30.6 Å². The number of H-pyrrole nitrogens is 1. The van der Waals surface area contributed by atoms with Gasteiger partial charge in [-0.25, -0.2) is 30.1 Å². The summed E-state index contributed by atoms with van der Waals surface area (Å²) in [7, 11) is 1.59. The van der Waals surface area contributed by atoms with E-state index >= 15 is 0 Å². The maximum absolute atomic E-state index is 13.0. The van der Waals surface area contributed by atoms with Gasteiger partial charge in [0.25, 0.3) is 35.4 Å². The monoisotopic (exact) mass is 1940 g/mol. The molecule has 28 nitrogen and oxygen atoms in total. The highest BCUT2D eigenvalue weighted by Crippen LogP contribution is 2.51. The van der Waals surface area contributed by atoms with Crippen LogP contribution >= 0.6 is 11.6 Å². The number of amides is 6. The number of aromatic nitrogens is 3. The van der Waals surface area contributed by atoms with E-state index in [2.05, 4.69) is 45.6 Å².